The molecule has 0 aliphatic carbocycles. The van der Waals surface area contributed by atoms with Gasteiger partial charge in [-0.1, -0.05) is 75.2 Å². The summed E-state index contributed by atoms with van der Waals surface area (Å²) in [5.41, 5.74) is -0.228. The molecule has 1 heterocycles. The summed E-state index contributed by atoms with van der Waals surface area (Å²) >= 11 is 12.5. The van der Waals surface area contributed by atoms with Crippen LogP contribution in [0.25, 0.3) is 0 Å². The average Bonchev–Trinajstić information content (AvgIpc) is 2.73. The van der Waals surface area contributed by atoms with E-state index in [9.17, 15) is 23.1 Å². The first-order valence-electron chi connectivity index (χ1n) is 11.7. The van der Waals surface area contributed by atoms with Gasteiger partial charge in [0, 0.05) is 22.2 Å². The van der Waals surface area contributed by atoms with Gasteiger partial charge in [-0.15, -0.1) is 0 Å². The van der Waals surface area contributed by atoms with Crippen LogP contribution in [0.3, 0.4) is 0 Å². The quantitative estimate of drug-likeness (QED) is 0.454. The fourth-order valence-electron chi connectivity index (χ4n) is 5.26. The van der Waals surface area contributed by atoms with Gasteiger partial charge < -0.3 is 10.0 Å². The van der Waals surface area contributed by atoms with Gasteiger partial charge in [0.1, 0.15) is 9.84 Å². The van der Waals surface area contributed by atoms with Gasteiger partial charge in [-0.05, 0) is 47.2 Å². The number of amides is 1. The average molecular weight is 555 g/mol. The number of carboxylic acid groups (broad SMARTS) is 1. The fourth-order valence-corrected chi connectivity index (χ4v) is 6.82. The monoisotopic (exact) mass is 553 g/mol. The molecule has 4 atom stereocenters. The zero-order valence-electron chi connectivity index (χ0n) is 21.2. The van der Waals surface area contributed by atoms with Crippen molar-refractivity contribution >= 4 is 44.9 Å². The molecular weight excluding hydrogens is 521 g/mol. The fraction of sp³-hybridized carbons (Fsp3) is 0.481. The van der Waals surface area contributed by atoms with E-state index in [4.69, 9.17) is 23.2 Å². The summed E-state index contributed by atoms with van der Waals surface area (Å²) in [6, 6.07) is 13.2. The van der Waals surface area contributed by atoms with Gasteiger partial charge in [0.25, 0.3) is 0 Å². The van der Waals surface area contributed by atoms with Crippen LogP contribution in [0.5, 0.6) is 0 Å². The first-order chi connectivity index (χ1) is 16.5. The summed E-state index contributed by atoms with van der Waals surface area (Å²) in [7, 11) is -3.49. The van der Waals surface area contributed by atoms with Gasteiger partial charge in [0.2, 0.25) is 5.91 Å². The van der Waals surface area contributed by atoms with Crippen molar-refractivity contribution in [3.63, 3.8) is 0 Å². The third-order valence-corrected chi connectivity index (χ3v) is 8.34. The minimum atomic E-state index is -3.49. The lowest BCUT2D eigenvalue weighted by Crippen LogP contribution is -2.60. The van der Waals surface area contributed by atoms with Crippen LogP contribution < -0.4 is 0 Å². The Morgan fingerprint density at radius 3 is 2.22 bits per heavy atom. The Bertz CT molecular complexity index is 1240. The van der Waals surface area contributed by atoms with E-state index in [1.165, 1.54) is 0 Å². The van der Waals surface area contributed by atoms with Crippen molar-refractivity contribution in [2.75, 3.05) is 12.0 Å². The van der Waals surface area contributed by atoms with Crippen molar-refractivity contribution in [2.45, 2.75) is 58.5 Å². The predicted molar refractivity (Wildman–Crippen MR) is 143 cm³/mol. The minimum absolute atomic E-state index is 0.252. The summed E-state index contributed by atoms with van der Waals surface area (Å²) in [6.45, 7) is 7.35. The lowest BCUT2D eigenvalue weighted by Gasteiger charge is -2.54. The van der Waals surface area contributed by atoms with Crippen molar-refractivity contribution in [1.82, 2.24) is 4.90 Å². The number of piperidine rings is 1. The highest BCUT2D eigenvalue weighted by molar-refractivity contribution is 7.90. The van der Waals surface area contributed by atoms with Crippen LogP contribution in [0.15, 0.2) is 48.5 Å². The van der Waals surface area contributed by atoms with E-state index in [1.807, 2.05) is 51.1 Å². The molecule has 0 saturated carbocycles. The minimum Gasteiger partial charge on any atom is -0.481 e. The van der Waals surface area contributed by atoms with Crippen LogP contribution in [-0.4, -0.2) is 48.4 Å². The van der Waals surface area contributed by atoms with E-state index in [0.29, 0.717) is 10.0 Å². The Morgan fingerprint density at radius 1 is 1.11 bits per heavy atom. The topological polar surface area (TPSA) is 91.8 Å². The Labute approximate surface area is 223 Å². The van der Waals surface area contributed by atoms with Gasteiger partial charge in [0.15, 0.2) is 0 Å². The number of hydrogen-bond donors (Lipinski definition) is 1. The Balaban J connectivity index is 2.34. The number of carboxylic acids is 1. The molecule has 0 aromatic heterocycles. The summed E-state index contributed by atoms with van der Waals surface area (Å²) in [6.07, 6.45) is 1.04. The Morgan fingerprint density at radius 2 is 1.72 bits per heavy atom. The SMILES string of the molecule is CC(C)(C)C(CS(C)(=O)=O)N1C(=O)[C@@](C)(CC(=O)O)C[C@H](c2cccc(Cl)c2)[C@H]1c1ccc(Cl)cc1. The molecule has 1 N–H and O–H groups in total. The molecule has 196 valence electrons. The molecule has 1 aliphatic rings. The molecule has 0 bridgehead atoms. The molecule has 2 aromatic rings. The number of sulfone groups is 1. The van der Waals surface area contributed by atoms with Crippen LogP contribution in [0, 0.1) is 10.8 Å². The summed E-state index contributed by atoms with van der Waals surface area (Å²) in [5, 5.41) is 10.8. The first kappa shape index (κ1) is 28.5. The van der Waals surface area contributed by atoms with Crippen LogP contribution in [-0.2, 0) is 19.4 Å². The summed E-state index contributed by atoms with van der Waals surface area (Å²) in [5.74, 6) is -2.04. The van der Waals surface area contributed by atoms with Crippen molar-refractivity contribution in [3.05, 3.63) is 69.7 Å². The number of nitrogens with zero attached hydrogens (tertiary/aromatic N) is 1. The number of carbonyl (C=O) groups is 2. The van der Waals surface area contributed by atoms with Crippen LogP contribution in [0.4, 0.5) is 0 Å². The molecule has 9 heteroatoms. The molecule has 1 amide bonds. The second-order valence-electron chi connectivity index (χ2n) is 11.2. The molecular formula is C27H33Cl2NO5S. The maximum absolute atomic E-state index is 14.3. The second-order valence-corrected chi connectivity index (χ2v) is 14.2. The number of hydrogen-bond acceptors (Lipinski definition) is 4. The zero-order chi connectivity index (χ0) is 27.1. The Kier molecular flexibility index (Phi) is 8.19. The van der Waals surface area contributed by atoms with Gasteiger partial charge >= 0.3 is 5.97 Å². The maximum atomic E-state index is 14.3. The predicted octanol–water partition coefficient (Wildman–Crippen LogP) is 5.99. The third kappa shape index (κ3) is 6.42. The molecule has 1 aliphatic heterocycles. The summed E-state index contributed by atoms with van der Waals surface area (Å²) in [4.78, 5) is 27.8. The number of aliphatic carboxylic acids is 1. The Hall–Kier alpha value is -2.09. The van der Waals surface area contributed by atoms with E-state index < -0.39 is 38.7 Å². The lowest BCUT2D eigenvalue weighted by atomic mass is 9.66. The van der Waals surface area contributed by atoms with E-state index in [1.54, 1.807) is 30.0 Å². The number of rotatable bonds is 7. The number of benzene rings is 2. The first-order valence-corrected chi connectivity index (χ1v) is 14.6. The van der Waals surface area contributed by atoms with Crippen LogP contribution in [0.1, 0.15) is 63.6 Å². The normalized spacial score (nSPS) is 24.0. The molecule has 1 saturated heterocycles. The van der Waals surface area contributed by atoms with E-state index >= 15 is 0 Å². The molecule has 0 radical (unpaired) electrons. The van der Waals surface area contributed by atoms with Gasteiger partial charge in [-0.2, -0.15) is 0 Å². The highest BCUT2D eigenvalue weighted by Crippen LogP contribution is 2.53. The number of halogens is 2. The highest BCUT2D eigenvalue weighted by atomic mass is 35.5. The summed E-state index contributed by atoms with van der Waals surface area (Å²) < 4.78 is 25.2. The molecule has 36 heavy (non-hydrogen) atoms. The smallest absolute Gasteiger partial charge is 0.304 e. The largest absolute Gasteiger partial charge is 0.481 e. The third-order valence-electron chi connectivity index (χ3n) is 6.93. The standard InChI is InChI=1S/C27H33Cl2NO5S/c1-26(2,3)22(16-36(5,34)35)30-24(17-9-11-19(28)12-10-17)21(18-7-6-8-20(29)13-18)14-27(4,25(30)33)15-23(31)32/h6-13,21-22,24H,14-16H2,1-5H3,(H,31,32)/t21-,22?,24-,27-/m1/s1. The second kappa shape index (κ2) is 10.3. The zero-order valence-corrected chi connectivity index (χ0v) is 23.5. The van der Waals surface area contributed by atoms with Gasteiger partial charge in [-0.3, -0.25) is 9.59 Å². The van der Waals surface area contributed by atoms with Crippen molar-refractivity contribution in [2.24, 2.45) is 10.8 Å². The van der Waals surface area contributed by atoms with Crippen molar-refractivity contribution in [1.29, 1.82) is 0 Å². The van der Waals surface area contributed by atoms with Crippen molar-refractivity contribution < 1.29 is 23.1 Å². The molecule has 0 spiro atoms. The lowest BCUT2D eigenvalue weighted by molar-refractivity contribution is -0.162. The molecule has 1 unspecified atom stereocenters. The van der Waals surface area contributed by atoms with E-state index in [-0.39, 0.29) is 30.4 Å². The van der Waals surface area contributed by atoms with Gasteiger partial charge in [0.05, 0.1) is 29.7 Å². The highest BCUT2D eigenvalue weighted by Gasteiger charge is 2.54. The molecule has 6 nitrogen and oxygen atoms in total. The van der Waals surface area contributed by atoms with Crippen LogP contribution in [0.2, 0.25) is 10.0 Å². The molecule has 2 aromatic carbocycles. The van der Waals surface area contributed by atoms with Crippen LogP contribution >= 0.6 is 23.2 Å². The van der Waals surface area contributed by atoms with E-state index in [0.717, 1.165) is 17.4 Å². The molecule has 1 fully saturated rings. The van der Waals surface area contributed by atoms with Gasteiger partial charge in [-0.25, -0.2) is 8.42 Å². The maximum Gasteiger partial charge on any atom is 0.304 e. The van der Waals surface area contributed by atoms with E-state index in [2.05, 4.69) is 0 Å². The number of likely N-dealkylation sites (tertiary alicyclic amines) is 1. The molecule has 3 rings (SSSR count). The van der Waals surface area contributed by atoms with Crippen molar-refractivity contribution in [3.8, 4) is 0 Å². The number of carbonyl (C=O) groups excluding carboxylic acids is 1.